The van der Waals surface area contributed by atoms with Crippen molar-refractivity contribution in [2.24, 2.45) is 0 Å². The van der Waals surface area contributed by atoms with Gasteiger partial charge in [-0.3, -0.25) is 9.59 Å². The van der Waals surface area contributed by atoms with E-state index < -0.39 is 6.61 Å². The third-order valence-corrected chi connectivity index (χ3v) is 5.34. The first-order chi connectivity index (χ1) is 14.9. The average molecular weight is 446 g/mol. The molecule has 162 valence electrons. The lowest BCUT2D eigenvalue weighted by Gasteiger charge is -2.14. The Morgan fingerprint density at radius 3 is 2.45 bits per heavy atom. The first-order valence-electron chi connectivity index (χ1n) is 9.23. The van der Waals surface area contributed by atoms with Crippen LogP contribution in [-0.2, 0) is 11.3 Å². The Morgan fingerprint density at radius 2 is 1.81 bits per heavy atom. The molecule has 31 heavy (non-hydrogen) atoms. The second kappa shape index (κ2) is 10.0. The predicted octanol–water partition coefficient (Wildman–Crippen LogP) is 4.91. The van der Waals surface area contributed by atoms with E-state index in [0.717, 1.165) is 4.88 Å². The molecule has 1 aromatic heterocycles. The summed E-state index contributed by atoms with van der Waals surface area (Å²) in [6.45, 7) is -1.22. The van der Waals surface area contributed by atoms with Gasteiger partial charge in [0.1, 0.15) is 11.5 Å². The van der Waals surface area contributed by atoms with E-state index in [-0.39, 0.29) is 17.6 Å². The highest BCUT2D eigenvalue weighted by Gasteiger charge is 2.15. The number of carbonyl (C=O) groups is 2. The van der Waals surface area contributed by atoms with Gasteiger partial charge in [-0.15, -0.1) is 11.3 Å². The van der Waals surface area contributed by atoms with Crippen molar-refractivity contribution in [3.05, 3.63) is 64.4 Å². The Kier molecular flexibility index (Phi) is 7.19. The van der Waals surface area contributed by atoms with Crippen molar-refractivity contribution in [2.45, 2.75) is 20.1 Å². The molecule has 2 N–H and O–H groups in total. The number of nitrogens with one attached hydrogen (secondary N) is 2. The van der Waals surface area contributed by atoms with Crippen LogP contribution in [0.25, 0.3) is 11.1 Å². The Hall–Kier alpha value is -3.46. The molecule has 2 aromatic carbocycles. The van der Waals surface area contributed by atoms with Gasteiger partial charge in [0, 0.05) is 23.1 Å². The molecule has 0 unspecified atom stereocenters. The van der Waals surface area contributed by atoms with Gasteiger partial charge in [-0.25, -0.2) is 0 Å². The number of thiophene rings is 1. The summed E-state index contributed by atoms with van der Waals surface area (Å²) >= 11 is 1.25. The third-order valence-electron chi connectivity index (χ3n) is 4.25. The van der Waals surface area contributed by atoms with E-state index >= 15 is 0 Å². The highest BCUT2D eigenvalue weighted by Crippen LogP contribution is 2.35. The van der Waals surface area contributed by atoms with E-state index in [1.807, 2.05) is 0 Å². The van der Waals surface area contributed by atoms with Crippen molar-refractivity contribution in [1.82, 2.24) is 5.32 Å². The number of carbonyl (C=O) groups excluding carboxylic acids is 2. The molecule has 3 rings (SSSR count). The third kappa shape index (κ3) is 6.02. The topological polar surface area (TPSA) is 76.7 Å². The van der Waals surface area contributed by atoms with E-state index in [1.54, 1.807) is 42.5 Å². The fourth-order valence-electron chi connectivity index (χ4n) is 2.80. The summed E-state index contributed by atoms with van der Waals surface area (Å²) in [5.74, 6) is 0.114. The normalized spacial score (nSPS) is 10.6. The van der Waals surface area contributed by atoms with Gasteiger partial charge in [0.2, 0.25) is 5.91 Å². The predicted molar refractivity (Wildman–Crippen MR) is 115 cm³/mol. The second-order valence-corrected chi connectivity index (χ2v) is 7.62. The molecule has 0 spiro atoms. The fraction of sp³-hybridized carbons (Fsp3) is 0.182. The summed E-state index contributed by atoms with van der Waals surface area (Å²) in [4.78, 5) is 24.9. The van der Waals surface area contributed by atoms with Gasteiger partial charge in [-0.2, -0.15) is 8.78 Å². The number of ether oxygens (including phenoxy) is 2. The molecule has 3 aromatic rings. The lowest BCUT2D eigenvalue weighted by atomic mass is 10.0. The van der Waals surface area contributed by atoms with E-state index in [0.29, 0.717) is 34.0 Å². The van der Waals surface area contributed by atoms with Crippen LogP contribution in [0.5, 0.6) is 11.5 Å². The highest BCUT2D eigenvalue weighted by atomic mass is 32.1. The minimum absolute atomic E-state index is 0.00752. The zero-order valence-corrected chi connectivity index (χ0v) is 17.6. The van der Waals surface area contributed by atoms with Crippen molar-refractivity contribution in [3.63, 3.8) is 0 Å². The number of methoxy groups -OCH3 is 1. The summed E-state index contributed by atoms with van der Waals surface area (Å²) in [6, 6.07) is 14.7. The maximum atomic E-state index is 12.8. The van der Waals surface area contributed by atoms with Crippen LogP contribution in [0.1, 0.15) is 21.5 Å². The van der Waals surface area contributed by atoms with Gasteiger partial charge in [-0.1, -0.05) is 12.1 Å². The maximum Gasteiger partial charge on any atom is 0.387 e. The molecule has 0 fully saturated rings. The molecule has 0 aliphatic rings. The molecule has 6 nitrogen and oxygen atoms in total. The zero-order chi connectivity index (χ0) is 22.4. The van der Waals surface area contributed by atoms with Crippen LogP contribution in [0.3, 0.4) is 0 Å². The Labute approximate surface area is 181 Å². The van der Waals surface area contributed by atoms with Crippen molar-refractivity contribution in [3.8, 4) is 22.6 Å². The van der Waals surface area contributed by atoms with Crippen molar-refractivity contribution < 1.29 is 27.8 Å². The number of hydrogen-bond acceptors (Lipinski definition) is 5. The van der Waals surface area contributed by atoms with Crippen molar-refractivity contribution in [2.75, 3.05) is 12.4 Å². The number of alkyl halides is 2. The maximum absolute atomic E-state index is 12.8. The number of amides is 2. The molecule has 0 aliphatic carbocycles. The number of hydrogen-bond donors (Lipinski definition) is 2. The molecule has 1 heterocycles. The van der Waals surface area contributed by atoms with Gasteiger partial charge in [0.15, 0.2) is 0 Å². The zero-order valence-electron chi connectivity index (χ0n) is 16.8. The van der Waals surface area contributed by atoms with Gasteiger partial charge < -0.3 is 20.1 Å². The van der Waals surface area contributed by atoms with Crippen LogP contribution in [-0.4, -0.2) is 25.5 Å². The minimum atomic E-state index is -2.98. The van der Waals surface area contributed by atoms with E-state index in [2.05, 4.69) is 15.4 Å². The second-order valence-electron chi connectivity index (χ2n) is 6.45. The molecule has 0 aliphatic heterocycles. The monoisotopic (exact) mass is 446 g/mol. The van der Waals surface area contributed by atoms with E-state index in [1.165, 1.54) is 37.5 Å². The van der Waals surface area contributed by atoms with Crippen LogP contribution >= 0.6 is 11.3 Å². The lowest BCUT2D eigenvalue weighted by molar-refractivity contribution is -0.119. The van der Waals surface area contributed by atoms with Gasteiger partial charge in [0.25, 0.3) is 5.91 Å². The molecular formula is C22H20F2N2O4S. The SMILES string of the molecule is COc1ccc(-c2cc(NC(=O)c3ccc(CNC(C)=O)s3)ccc2OC(F)F)cc1. The van der Waals surface area contributed by atoms with Crippen molar-refractivity contribution >= 4 is 28.8 Å². The average Bonchev–Trinajstić information content (AvgIpc) is 3.22. The summed E-state index contributed by atoms with van der Waals surface area (Å²) in [5, 5.41) is 5.44. The Bertz CT molecular complexity index is 1070. The molecule has 2 amide bonds. The molecule has 9 heteroatoms. The number of halogens is 2. The molecular weight excluding hydrogens is 426 g/mol. The number of rotatable bonds is 8. The van der Waals surface area contributed by atoms with Gasteiger partial charge in [0.05, 0.1) is 18.5 Å². The van der Waals surface area contributed by atoms with Gasteiger partial charge in [-0.05, 0) is 48.0 Å². The van der Waals surface area contributed by atoms with Crippen LogP contribution in [0, 0.1) is 0 Å². The summed E-state index contributed by atoms with van der Waals surface area (Å²) in [5.41, 5.74) is 1.45. The quantitative estimate of drug-likeness (QED) is 0.515. The van der Waals surface area contributed by atoms with Crippen LogP contribution in [0.15, 0.2) is 54.6 Å². The van der Waals surface area contributed by atoms with E-state index in [9.17, 15) is 18.4 Å². The Morgan fingerprint density at radius 1 is 1.06 bits per heavy atom. The van der Waals surface area contributed by atoms with E-state index in [4.69, 9.17) is 4.74 Å². The highest BCUT2D eigenvalue weighted by molar-refractivity contribution is 7.14. The van der Waals surface area contributed by atoms with Gasteiger partial charge >= 0.3 is 6.61 Å². The van der Waals surface area contributed by atoms with Crippen LogP contribution in [0.2, 0.25) is 0 Å². The minimum Gasteiger partial charge on any atom is -0.497 e. The first kappa shape index (κ1) is 22.2. The fourth-order valence-corrected chi connectivity index (χ4v) is 3.64. The smallest absolute Gasteiger partial charge is 0.387 e. The molecule has 0 saturated carbocycles. The first-order valence-corrected chi connectivity index (χ1v) is 10.0. The van der Waals surface area contributed by atoms with Crippen molar-refractivity contribution in [1.29, 1.82) is 0 Å². The molecule has 0 radical (unpaired) electrons. The standard InChI is InChI=1S/C22H20F2N2O4S/c1-13(27)25-12-17-8-10-20(31-17)21(28)26-15-5-9-19(30-22(23)24)18(11-15)14-3-6-16(29-2)7-4-14/h3-11,22H,12H2,1-2H3,(H,25,27)(H,26,28). The molecule has 0 atom stereocenters. The van der Waals surface area contributed by atoms with Crippen LogP contribution < -0.4 is 20.1 Å². The Balaban J connectivity index is 1.82. The summed E-state index contributed by atoms with van der Waals surface area (Å²) < 4.78 is 35.5. The largest absolute Gasteiger partial charge is 0.497 e. The summed E-state index contributed by atoms with van der Waals surface area (Å²) in [6.07, 6.45) is 0. The van der Waals surface area contributed by atoms with Crippen LogP contribution in [0.4, 0.5) is 14.5 Å². The molecule has 0 bridgehead atoms. The molecule has 0 saturated heterocycles. The number of anilines is 1. The number of benzene rings is 2. The lowest BCUT2D eigenvalue weighted by Crippen LogP contribution is -2.18. The summed E-state index contributed by atoms with van der Waals surface area (Å²) in [7, 11) is 1.53.